The molecule has 1 unspecified atom stereocenters. The number of fused-ring (bicyclic) bond motifs is 1. The molecule has 0 saturated heterocycles. The summed E-state index contributed by atoms with van der Waals surface area (Å²) in [5.74, 6) is 1.13. The summed E-state index contributed by atoms with van der Waals surface area (Å²) in [5.41, 5.74) is 2.28. The Kier molecular flexibility index (Phi) is 5.06. The number of ether oxygens (including phenoxy) is 1. The summed E-state index contributed by atoms with van der Waals surface area (Å²) in [5, 5.41) is 0. The van der Waals surface area contributed by atoms with Crippen molar-refractivity contribution in [2.24, 2.45) is 0 Å². The lowest BCUT2D eigenvalue weighted by Crippen LogP contribution is -2.31. The summed E-state index contributed by atoms with van der Waals surface area (Å²) in [6.07, 6.45) is 5.62. The van der Waals surface area contributed by atoms with E-state index in [1.807, 2.05) is 23.9 Å². The van der Waals surface area contributed by atoms with Crippen LogP contribution in [0, 0.1) is 0 Å². The van der Waals surface area contributed by atoms with E-state index in [1.165, 1.54) is 23.3 Å². The number of aldehydes is 1. The largest absolute Gasteiger partial charge is 0.384 e. The summed E-state index contributed by atoms with van der Waals surface area (Å²) >= 11 is 1.88. The van der Waals surface area contributed by atoms with E-state index in [1.54, 1.807) is 7.11 Å². The third-order valence-electron chi connectivity index (χ3n) is 3.92. The summed E-state index contributed by atoms with van der Waals surface area (Å²) in [4.78, 5) is 12.2. The average molecular weight is 278 g/mol. The highest BCUT2D eigenvalue weighted by Gasteiger charge is 2.34. The minimum atomic E-state index is 0.129. The number of thioether (sulfide) groups is 1. The van der Waals surface area contributed by atoms with Gasteiger partial charge in [-0.3, -0.25) is 4.79 Å². The van der Waals surface area contributed by atoms with Crippen LogP contribution in [0.15, 0.2) is 23.1 Å². The molecule has 1 heterocycles. The van der Waals surface area contributed by atoms with Crippen LogP contribution in [0.25, 0.3) is 0 Å². The third kappa shape index (κ3) is 3.03. The Labute approximate surface area is 119 Å². The SMILES string of the molecule is CCCC1(COC)CCCSc2cc(C=O)ccc21. The molecule has 1 aliphatic heterocycles. The lowest BCUT2D eigenvalue weighted by Gasteiger charge is -2.33. The van der Waals surface area contributed by atoms with E-state index in [2.05, 4.69) is 13.0 Å². The van der Waals surface area contributed by atoms with Gasteiger partial charge < -0.3 is 4.74 Å². The van der Waals surface area contributed by atoms with Crippen LogP contribution in [-0.2, 0) is 10.2 Å². The Bertz CT molecular complexity index is 436. The van der Waals surface area contributed by atoms with Gasteiger partial charge in [-0.25, -0.2) is 0 Å². The Hall–Kier alpha value is -0.800. The molecule has 0 fully saturated rings. The molecule has 0 amide bonds. The molecule has 1 aromatic rings. The second kappa shape index (κ2) is 6.58. The van der Waals surface area contributed by atoms with Crippen LogP contribution in [0.1, 0.15) is 48.5 Å². The maximum Gasteiger partial charge on any atom is 0.150 e. The molecule has 0 saturated carbocycles. The van der Waals surface area contributed by atoms with Gasteiger partial charge in [0.25, 0.3) is 0 Å². The fraction of sp³-hybridized carbons (Fsp3) is 0.562. The Balaban J connectivity index is 2.48. The number of rotatable bonds is 5. The van der Waals surface area contributed by atoms with Gasteiger partial charge >= 0.3 is 0 Å². The van der Waals surface area contributed by atoms with Gasteiger partial charge in [0.05, 0.1) is 6.61 Å². The minimum Gasteiger partial charge on any atom is -0.384 e. The van der Waals surface area contributed by atoms with E-state index in [-0.39, 0.29) is 5.41 Å². The van der Waals surface area contributed by atoms with Gasteiger partial charge in [0.15, 0.2) is 0 Å². The zero-order valence-electron chi connectivity index (χ0n) is 11.8. The fourth-order valence-corrected chi connectivity index (χ4v) is 4.30. The summed E-state index contributed by atoms with van der Waals surface area (Å²) in [6, 6.07) is 6.13. The van der Waals surface area contributed by atoms with Crippen molar-refractivity contribution in [2.75, 3.05) is 19.5 Å². The standard InChI is InChI=1S/C16H22O2S/c1-3-7-16(12-18-2)8-4-9-19-15-10-13(11-17)5-6-14(15)16/h5-6,10-11H,3-4,7-9,12H2,1-2H3. The predicted octanol–water partition coefficient (Wildman–Crippen LogP) is 4.07. The number of hydrogen-bond donors (Lipinski definition) is 0. The van der Waals surface area contributed by atoms with Gasteiger partial charge in [-0.1, -0.05) is 25.5 Å². The topological polar surface area (TPSA) is 26.3 Å². The van der Waals surface area contributed by atoms with Crippen LogP contribution in [0.5, 0.6) is 0 Å². The van der Waals surface area contributed by atoms with Gasteiger partial charge in [0.2, 0.25) is 0 Å². The molecule has 0 N–H and O–H groups in total. The molecule has 2 nitrogen and oxygen atoms in total. The molecule has 0 aromatic heterocycles. The Morgan fingerprint density at radius 2 is 2.32 bits per heavy atom. The Morgan fingerprint density at radius 3 is 3.00 bits per heavy atom. The predicted molar refractivity (Wildman–Crippen MR) is 80.2 cm³/mol. The van der Waals surface area contributed by atoms with Crippen molar-refractivity contribution in [3.8, 4) is 0 Å². The van der Waals surface area contributed by atoms with Crippen molar-refractivity contribution in [1.29, 1.82) is 0 Å². The molecule has 1 aliphatic rings. The molecule has 1 atom stereocenters. The summed E-state index contributed by atoms with van der Waals surface area (Å²) in [7, 11) is 1.79. The summed E-state index contributed by atoms with van der Waals surface area (Å²) in [6.45, 7) is 3.00. The molecule has 1 aromatic carbocycles. The first-order valence-corrected chi connectivity index (χ1v) is 7.96. The molecule has 0 aliphatic carbocycles. The normalized spacial score (nSPS) is 22.6. The first-order valence-electron chi connectivity index (χ1n) is 6.97. The third-order valence-corrected chi connectivity index (χ3v) is 5.06. The van der Waals surface area contributed by atoms with E-state index in [0.717, 1.165) is 37.1 Å². The maximum atomic E-state index is 11.0. The second-order valence-electron chi connectivity index (χ2n) is 5.29. The van der Waals surface area contributed by atoms with Crippen molar-refractivity contribution < 1.29 is 9.53 Å². The van der Waals surface area contributed by atoms with Gasteiger partial charge in [-0.2, -0.15) is 0 Å². The molecule has 0 spiro atoms. The van der Waals surface area contributed by atoms with Crippen molar-refractivity contribution in [3.63, 3.8) is 0 Å². The number of benzene rings is 1. The van der Waals surface area contributed by atoms with Crippen LogP contribution in [0.4, 0.5) is 0 Å². The first kappa shape index (κ1) is 14.6. The van der Waals surface area contributed by atoms with Crippen molar-refractivity contribution in [2.45, 2.75) is 42.9 Å². The van der Waals surface area contributed by atoms with Crippen LogP contribution in [-0.4, -0.2) is 25.8 Å². The monoisotopic (exact) mass is 278 g/mol. The van der Waals surface area contributed by atoms with Crippen molar-refractivity contribution in [1.82, 2.24) is 0 Å². The highest BCUT2D eigenvalue weighted by molar-refractivity contribution is 7.99. The van der Waals surface area contributed by atoms with E-state index in [9.17, 15) is 4.79 Å². The fourth-order valence-electron chi connectivity index (χ4n) is 3.13. The lowest BCUT2D eigenvalue weighted by molar-refractivity contribution is 0.112. The van der Waals surface area contributed by atoms with Crippen molar-refractivity contribution in [3.05, 3.63) is 29.3 Å². The molecule has 2 rings (SSSR count). The van der Waals surface area contributed by atoms with Gasteiger partial charge in [-0.15, -0.1) is 11.8 Å². The molecule has 19 heavy (non-hydrogen) atoms. The van der Waals surface area contributed by atoms with Gasteiger partial charge in [0.1, 0.15) is 6.29 Å². The second-order valence-corrected chi connectivity index (χ2v) is 6.43. The average Bonchev–Trinajstić information content (AvgIpc) is 2.59. The quantitative estimate of drug-likeness (QED) is 0.759. The zero-order chi connectivity index (χ0) is 13.7. The van der Waals surface area contributed by atoms with Crippen LogP contribution < -0.4 is 0 Å². The van der Waals surface area contributed by atoms with Gasteiger partial charge in [0, 0.05) is 23.0 Å². The smallest absolute Gasteiger partial charge is 0.150 e. The van der Waals surface area contributed by atoms with Crippen LogP contribution in [0.3, 0.4) is 0 Å². The van der Waals surface area contributed by atoms with Crippen molar-refractivity contribution >= 4 is 18.0 Å². The van der Waals surface area contributed by atoms with Gasteiger partial charge in [-0.05, 0) is 36.6 Å². The molecular weight excluding hydrogens is 256 g/mol. The highest BCUT2D eigenvalue weighted by Crippen LogP contribution is 2.43. The van der Waals surface area contributed by atoms with E-state index < -0.39 is 0 Å². The molecule has 0 bridgehead atoms. The van der Waals surface area contributed by atoms with Crippen LogP contribution in [0.2, 0.25) is 0 Å². The zero-order valence-corrected chi connectivity index (χ0v) is 12.6. The first-order chi connectivity index (χ1) is 9.25. The Morgan fingerprint density at radius 1 is 1.47 bits per heavy atom. The molecule has 104 valence electrons. The molecule has 0 radical (unpaired) electrons. The lowest BCUT2D eigenvalue weighted by atomic mass is 9.74. The number of methoxy groups -OCH3 is 1. The summed E-state index contributed by atoms with van der Waals surface area (Å²) < 4.78 is 5.53. The van der Waals surface area contributed by atoms with E-state index >= 15 is 0 Å². The number of carbonyl (C=O) groups is 1. The molecule has 3 heteroatoms. The minimum absolute atomic E-state index is 0.129. The molecular formula is C16H22O2S. The highest BCUT2D eigenvalue weighted by atomic mass is 32.2. The van der Waals surface area contributed by atoms with E-state index in [4.69, 9.17) is 4.74 Å². The maximum absolute atomic E-state index is 11.0. The number of hydrogen-bond acceptors (Lipinski definition) is 3. The number of carbonyl (C=O) groups excluding carboxylic acids is 1. The van der Waals surface area contributed by atoms with E-state index in [0.29, 0.717) is 0 Å². The van der Waals surface area contributed by atoms with Crippen LogP contribution >= 0.6 is 11.8 Å².